The average Bonchev–Trinajstić information content (AvgIpc) is 2.48. The van der Waals surface area contributed by atoms with E-state index in [0.29, 0.717) is 18.4 Å². The molecular formula is C15H21F3N2O. The Bertz CT molecular complexity index is 445. The summed E-state index contributed by atoms with van der Waals surface area (Å²) in [4.78, 5) is 2.20. The zero-order valence-corrected chi connectivity index (χ0v) is 11.9. The highest BCUT2D eigenvalue weighted by molar-refractivity contribution is 5.28. The Morgan fingerprint density at radius 1 is 1.24 bits per heavy atom. The van der Waals surface area contributed by atoms with E-state index in [2.05, 4.69) is 10.2 Å². The van der Waals surface area contributed by atoms with Crippen LogP contribution in [0.5, 0.6) is 0 Å². The molecule has 0 aliphatic carbocycles. The van der Waals surface area contributed by atoms with Crippen LogP contribution in [-0.4, -0.2) is 42.8 Å². The molecule has 118 valence electrons. The third-order valence-corrected chi connectivity index (χ3v) is 3.83. The Balaban J connectivity index is 2.22. The van der Waals surface area contributed by atoms with Crippen molar-refractivity contribution in [2.24, 2.45) is 0 Å². The van der Waals surface area contributed by atoms with E-state index in [9.17, 15) is 13.2 Å². The summed E-state index contributed by atoms with van der Waals surface area (Å²) in [7, 11) is 0. The molecule has 0 saturated carbocycles. The number of alkyl halides is 3. The van der Waals surface area contributed by atoms with Crippen molar-refractivity contribution in [3.63, 3.8) is 0 Å². The molecule has 1 aromatic carbocycles. The van der Waals surface area contributed by atoms with Crippen LogP contribution in [0.4, 0.5) is 13.2 Å². The molecule has 0 unspecified atom stereocenters. The van der Waals surface area contributed by atoms with Crippen molar-refractivity contribution in [1.82, 2.24) is 10.2 Å². The van der Waals surface area contributed by atoms with Gasteiger partial charge >= 0.3 is 6.18 Å². The summed E-state index contributed by atoms with van der Waals surface area (Å²) in [6, 6.07) is 5.49. The number of aliphatic hydroxyl groups is 1. The van der Waals surface area contributed by atoms with Crippen LogP contribution < -0.4 is 5.32 Å². The number of aliphatic hydroxyl groups excluding tert-OH is 1. The summed E-state index contributed by atoms with van der Waals surface area (Å²) >= 11 is 0. The monoisotopic (exact) mass is 302 g/mol. The number of nitrogens with one attached hydrogen (secondary N) is 1. The van der Waals surface area contributed by atoms with E-state index >= 15 is 0 Å². The van der Waals surface area contributed by atoms with Crippen LogP contribution in [0.3, 0.4) is 0 Å². The number of piperazine rings is 1. The number of benzene rings is 1. The molecule has 0 bridgehead atoms. The standard InChI is InChI=1S/C15H21F3N2O/c16-15(17,18)13-4-1-3-12(11-13)14(5-2-10-21)20-8-6-19-7-9-20/h1,3-4,11,14,19,21H,2,5-10H2/t14-/m0/s1. The van der Waals surface area contributed by atoms with Crippen molar-refractivity contribution in [2.75, 3.05) is 32.8 Å². The summed E-state index contributed by atoms with van der Waals surface area (Å²) in [5.41, 5.74) is 0.0734. The highest BCUT2D eigenvalue weighted by atomic mass is 19.4. The van der Waals surface area contributed by atoms with Crippen molar-refractivity contribution < 1.29 is 18.3 Å². The minimum absolute atomic E-state index is 0.0571. The van der Waals surface area contributed by atoms with Crippen molar-refractivity contribution in [3.05, 3.63) is 35.4 Å². The van der Waals surface area contributed by atoms with Gasteiger partial charge in [-0.05, 0) is 30.5 Å². The second-order valence-electron chi connectivity index (χ2n) is 5.29. The molecular weight excluding hydrogens is 281 g/mol. The van der Waals surface area contributed by atoms with Crippen molar-refractivity contribution in [3.8, 4) is 0 Å². The summed E-state index contributed by atoms with van der Waals surface area (Å²) < 4.78 is 38.6. The van der Waals surface area contributed by atoms with Crippen LogP contribution in [0.1, 0.15) is 30.0 Å². The predicted octanol–water partition coefficient (Wildman–Crippen LogP) is 2.42. The Labute approximate surface area is 122 Å². The fourth-order valence-corrected chi connectivity index (χ4v) is 2.76. The van der Waals surface area contributed by atoms with Gasteiger partial charge in [-0.1, -0.05) is 12.1 Å². The Kier molecular flexibility index (Phi) is 5.61. The van der Waals surface area contributed by atoms with Gasteiger partial charge in [0, 0.05) is 38.8 Å². The number of rotatable bonds is 5. The Hall–Kier alpha value is -1.11. The van der Waals surface area contributed by atoms with Crippen LogP contribution in [-0.2, 0) is 6.18 Å². The molecule has 1 fully saturated rings. The van der Waals surface area contributed by atoms with Crippen LogP contribution in [0, 0.1) is 0 Å². The largest absolute Gasteiger partial charge is 0.416 e. The summed E-state index contributed by atoms with van der Waals surface area (Å²) in [5, 5.41) is 12.3. The molecule has 1 aromatic rings. The van der Waals surface area contributed by atoms with E-state index in [1.54, 1.807) is 6.07 Å². The number of halogens is 3. The molecule has 0 spiro atoms. The highest BCUT2D eigenvalue weighted by Gasteiger charge is 2.31. The smallest absolute Gasteiger partial charge is 0.396 e. The van der Waals surface area contributed by atoms with Crippen LogP contribution >= 0.6 is 0 Å². The van der Waals surface area contributed by atoms with Crippen LogP contribution in [0.25, 0.3) is 0 Å². The lowest BCUT2D eigenvalue weighted by atomic mass is 9.97. The lowest BCUT2D eigenvalue weighted by Crippen LogP contribution is -2.45. The maximum atomic E-state index is 12.9. The normalized spacial score (nSPS) is 18.7. The molecule has 1 aliphatic rings. The first-order chi connectivity index (χ1) is 10.0. The lowest BCUT2D eigenvalue weighted by Gasteiger charge is -2.35. The average molecular weight is 302 g/mol. The Morgan fingerprint density at radius 2 is 1.95 bits per heavy atom. The molecule has 3 nitrogen and oxygen atoms in total. The van der Waals surface area contributed by atoms with Gasteiger partial charge < -0.3 is 10.4 Å². The quantitative estimate of drug-likeness (QED) is 0.877. The summed E-state index contributed by atoms with van der Waals surface area (Å²) in [6.45, 7) is 3.36. The van der Waals surface area contributed by atoms with Gasteiger partial charge in [-0.3, -0.25) is 4.90 Å². The molecule has 2 rings (SSSR count). The fourth-order valence-electron chi connectivity index (χ4n) is 2.76. The predicted molar refractivity (Wildman–Crippen MR) is 74.9 cm³/mol. The molecule has 1 saturated heterocycles. The van der Waals surface area contributed by atoms with Gasteiger partial charge in [-0.25, -0.2) is 0 Å². The van der Waals surface area contributed by atoms with E-state index in [4.69, 9.17) is 5.11 Å². The molecule has 2 N–H and O–H groups in total. The van der Waals surface area contributed by atoms with E-state index in [0.717, 1.165) is 32.2 Å². The van der Waals surface area contributed by atoms with E-state index in [1.165, 1.54) is 12.1 Å². The molecule has 1 aliphatic heterocycles. The van der Waals surface area contributed by atoms with Crippen molar-refractivity contribution in [1.29, 1.82) is 0 Å². The van der Waals surface area contributed by atoms with Gasteiger partial charge in [0.1, 0.15) is 0 Å². The first-order valence-corrected chi connectivity index (χ1v) is 7.25. The molecule has 6 heteroatoms. The Morgan fingerprint density at radius 3 is 2.57 bits per heavy atom. The van der Waals surface area contributed by atoms with Gasteiger partial charge in [0.05, 0.1) is 5.56 Å². The SMILES string of the molecule is OCCC[C@@H](c1cccc(C(F)(F)F)c1)N1CCNCC1. The van der Waals surface area contributed by atoms with E-state index in [-0.39, 0.29) is 12.6 Å². The maximum absolute atomic E-state index is 12.9. The lowest BCUT2D eigenvalue weighted by molar-refractivity contribution is -0.137. The number of nitrogens with zero attached hydrogens (tertiary/aromatic N) is 1. The highest BCUT2D eigenvalue weighted by Crippen LogP contribution is 2.33. The molecule has 0 aromatic heterocycles. The fraction of sp³-hybridized carbons (Fsp3) is 0.600. The van der Waals surface area contributed by atoms with Gasteiger partial charge in [0.25, 0.3) is 0 Å². The summed E-state index contributed by atoms with van der Waals surface area (Å²) in [6.07, 6.45) is -3.07. The number of hydrogen-bond acceptors (Lipinski definition) is 3. The zero-order chi connectivity index (χ0) is 15.3. The topological polar surface area (TPSA) is 35.5 Å². The van der Waals surface area contributed by atoms with E-state index < -0.39 is 11.7 Å². The first kappa shape index (κ1) is 16.3. The van der Waals surface area contributed by atoms with Gasteiger partial charge in [-0.15, -0.1) is 0 Å². The van der Waals surface area contributed by atoms with Crippen LogP contribution in [0.2, 0.25) is 0 Å². The summed E-state index contributed by atoms with van der Waals surface area (Å²) in [5.74, 6) is 0. The maximum Gasteiger partial charge on any atom is 0.416 e. The zero-order valence-electron chi connectivity index (χ0n) is 11.9. The first-order valence-electron chi connectivity index (χ1n) is 7.25. The molecule has 1 heterocycles. The third kappa shape index (κ3) is 4.43. The van der Waals surface area contributed by atoms with Gasteiger partial charge in [0.2, 0.25) is 0 Å². The minimum atomic E-state index is -4.32. The second-order valence-corrected chi connectivity index (χ2v) is 5.29. The van der Waals surface area contributed by atoms with Gasteiger partial charge in [-0.2, -0.15) is 13.2 Å². The van der Waals surface area contributed by atoms with Crippen molar-refractivity contribution in [2.45, 2.75) is 25.1 Å². The molecule has 21 heavy (non-hydrogen) atoms. The molecule has 0 radical (unpaired) electrons. The van der Waals surface area contributed by atoms with E-state index in [1.807, 2.05) is 0 Å². The van der Waals surface area contributed by atoms with Gasteiger partial charge in [0.15, 0.2) is 0 Å². The minimum Gasteiger partial charge on any atom is -0.396 e. The second kappa shape index (κ2) is 7.24. The molecule has 0 amide bonds. The molecule has 1 atom stereocenters. The van der Waals surface area contributed by atoms with Crippen molar-refractivity contribution >= 4 is 0 Å². The number of hydrogen-bond donors (Lipinski definition) is 2. The van der Waals surface area contributed by atoms with Crippen LogP contribution in [0.15, 0.2) is 24.3 Å². The third-order valence-electron chi connectivity index (χ3n) is 3.83.